The van der Waals surface area contributed by atoms with E-state index in [1.54, 1.807) is 31.4 Å². The number of amides is 2. The molecule has 0 bridgehead atoms. The second kappa shape index (κ2) is 9.83. The molecule has 0 unspecified atom stereocenters. The van der Waals surface area contributed by atoms with Crippen LogP contribution in [0.4, 0.5) is 0 Å². The van der Waals surface area contributed by atoms with Gasteiger partial charge in [-0.3, -0.25) is 19.5 Å². The summed E-state index contributed by atoms with van der Waals surface area (Å²) in [6, 6.07) is 10.7. The highest BCUT2D eigenvalue weighted by atomic mass is 16.5. The molecule has 0 atom stereocenters. The zero-order valence-electron chi connectivity index (χ0n) is 18.3. The topological polar surface area (TPSA) is 122 Å². The van der Waals surface area contributed by atoms with Gasteiger partial charge in [-0.2, -0.15) is 5.10 Å². The van der Waals surface area contributed by atoms with Gasteiger partial charge in [-0.05, 0) is 42.7 Å². The number of rotatable bonds is 8. The maximum atomic E-state index is 12.6. The molecule has 9 nitrogen and oxygen atoms in total. The number of benzene rings is 2. The minimum Gasteiger partial charge on any atom is -0.483 e. The Morgan fingerprint density at radius 3 is 2.79 bits per heavy atom. The lowest BCUT2D eigenvalue weighted by atomic mass is 9.79. The third-order valence-corrected chi connectivity index (χ3v) is 6.06. The second-order valence-electron chi connectivity index (χ2n) is 8.05. The van der Waals surface area contributed by atoms with Gasteiger partial charge in [0, 0.05) is 43.3 Å². The van der Waals surface area contributed by atoms with Crippen molar-refractivity contribution in [2.75, 3.05) is 33.4 Å². The summed E-state index contributed by atoms with van der Waals surface area (Å²) in [5, 5.41) is 13.4. The molecule has 1 fully saturated rings. The number of nitrogens with zero attached hydrogens (tertiary/aromatic N) is 1. The van der Waals surface area contributed by atoms with Gasteiger partial charge in [0.05, 0.1) is 17.1 Å². The third-order valence-electron chi connectivity index (χ3n) is 6.06. The molecule has 0 radical (unpaired) electrons. The molecule has 4 rings (SSSR count). The minimum atomic E-state index is -0.684. The molecule has 9 heteroatoms. The lowest BCUT2D eigenvalue weighted by Crippen LogP contribution is -2.51. The molecule has 2 amide bonds. The first kappa shape index (κ1) is 22.5. The molecule has 3 aromatic rings. The van der Waals surface area contributed by atoms with Crippen molar-refractivity contribution in [3.05, 3.63) is 48.2 Å². The van der Waals surface area contributed by atoms with Gasteiger partial charge in [0.15, 0.2) is 6.61 Å². The predicted molar refractivity (Wildman–Crippen MR) is 122 cm³/mol. The van der Waals surface area contributed by atoms with Crippen LogP contribution >= 0.6 is 0 Å². The lowest BCUT2D eigenvalue weighted by Gasteiger charge is -2.35. The van der Waals surface area contributed by atoms with Crippen molar-refractivity contribution in [1.82, 2.24) is 20.8 Å². The van der Waals surface area contributed by atoms with Crippen LogP contribution in [0, 0.1) is 5.41 Å². The number of hydrogen-bond acceptors (Lipinski definition) is 6. The van der Waals surface area contributed by atoms with Crippen LogP contribution in [-0.2, 0) is 14.3 Å². The molecule has 0 saturated carbocycles. The van der Waals surface area contributed by atoms with Gasteiger partial charge in [-0.25, -0.2) is 0 Å². The number of aldehydes is 1. The zero-order chi connectivity index (χ0) is 23.3. The zero-order valence-corrected chi connectivity index (χ0v) is 18.3. The Morgan fingerprint density at radius 1 is 1.21 bits per heavy atom. The van der Waals surface area contributed by atoms with Crippen LogP contribution in [0.25, 0.3) is 22.0 Å². The summed E-state index contributed by atoms with van der Waals surface area (Å²) in [7, 11) is 1.59. The van der Waals surface area contributed by atoms with Crippen molar-refractivity contribution < 1.29 is 23.9 Å². The Kier molecular flexibility index (Phi) is 6.69. The van der Waals surface area contributed by atoms with E-state index in [0.717, 1.165) is 22.8 Å². The molecule has 1 saturated heterocycles. The number of carbonyl (C=O) groups excluding carboxylic acids is 3. The Morgan fingerprint density at radius 2 is 2.03 bits per heavy atom. The number of aromatic nitrogens is 2. The van der Waals surface area contributed by atoms with Crippen molar-refractivity contribution in [2.24, 2.45) is 5.41 Å². The maximum absolute atomic E-state index is 12.6. The average molecular weight is 450 g/mol. The molecule has 2 aromatic carbocycles. The molecular formula is C24H26N4O5. The van der Waals surface area contributed by atoms with Crippen molar-refractivity contribution in [3.63, 3.8) is 0 Å². The summed E-state index contributed by atoms with van der Waals surface area (Å²) in [4.78, 5) is 36.4. The Balaban J connectivity index is 1.49. The molecule has 1 aliphatic heterocycles. The van der Waals surface area contributed by atoms with E-state index >= 15 is 0 Å². The van der Waals surface area contributed by atoms with Crippen molar-refractivity contribution in [1.29, 1.82) is 0 Å². The van der Waals surface area contributed by atoms with E-state index in [0.29, 0.717) is 42.9 Å². The molecule has 33 heavy (non-hydrogen) atoms. The monoisotopic (exact) mass is 450 g/mol. The van der Waals surface area contributed by atoms with E-state index in [1.807, 2.05) is 18.2 Å². The number of fused-ring (bicyclic) bond motifs is 1. The minimum absolute atomic E-state index is 0.105. The number of ether oxygens (including phenoxy) is 2. The first-order valence-corrected chi connectivity index (χ1v) is 10.8. The highest BCUT2D eigenvalue weighted by Crippen LogP contribution is 2.35. The van der Waals surface area contributed by atoms with E-state index in [4.69, 9.17) is 9.47 Å². The molecule has 1 aliphatic rings. The van der Waals surface area contributed by atoms with Gasteiger partial charge < -0.3 is 20.1 Å². The van der Waals surface area contributed by atoms with E-state index < -0.39 is 5.41 Å². The molecule has 0 spiro atoms. The van der Waals surface area contributed by atoms with Crippen molar-refractivity contribution in [2.45, 2.75) is 12.8 Å². The number of carbonyl (C=O) groups is 3. The number of aromatic amines is 1. The summed E-state index contributed by atoms with van der Waals surface area (Å²) in [6.45, 7) is 0.941. The van der Waals surface area contributed by atoms with Crippen LogP contribution in [0.15, 0.2) is 42.6 Å². The smallest absolute Gasteiger partial charge is 0.257 e. The molecule has 1 aromatic heterocycles. The highest BCUT2D eigenvalue weighted by Gasteiger charge is 2.39. The van der Waals surface area contributed by atoms with Gasteiger partial charge in [0.2, 0.25) is 5.91 Å². The van der Waals surface area contributed by atoms with Gasteiger partial charge in [-0.1, -0.05) is 12.1 Å². The molecule has 2 heterocycles. The summed E-state index contributed by atoms with van der Waals surface area (Å²) in [5.41, 5.74) is 2.18. The van der Waals surface area contributed by atoms with E-state index in [2.05, 4.69) is 20.8 Å². The lowest BCUT2D eigenvalue weighted by molar-refractivity contribution is -0.136. The van der Waals surface area contributed by atoms with E-state index in [9.17, 15) is 14.4 Å². The molecule has 172 valence electrons. The highest BCUT2D eigenvalue weighted by molar-refractivity contribution is 5.97. The number of nitrogens with one attached hydrogen (secondary N) is 3. The number of H-pyrrole nitrogens is 1. The quantitative estimate of drug-likeness (QED) is 0.452. The van der Waals surface area contributed by atoms with Crippen molar-refractivity contribution in [3.8, 4) is 16.9 Å². The van der Waals surface area contributed by atoms with Crippen LogP contribution in [0.2, 0.25) is 0 Å². The fraction of sp³-hybridized carbons (Fsp3) is 0.333. The summed E-state index contributed by atoms with van der Waals surface area (Å²) < 4.78 is 11.2. The standard InChI is InChI=1S/C24H26N4O5/c1-25-23(31)24(7-9-32-10-8-24)15-26-22(30)14-33-21-6-5-16(13-29)11-18(21)17-3-2-4-20-19(17)12-27-28-20/h2-6,11-13H,7-10,14-15H2,1H3,(H,25,31)(H,26,30)(H,27,28). The van der Waals surface area contributed by atoms with Gasteiger partial charge in [0.25, 0.3) is 5.91 Å². The van der Waals surface area contributed by atoms with Crippen LogP contribution in [0.1, 0.15) is 23.2 Å². The fourth-order valence-corrected chi connectivity index (χ4v) is 4.13. The average Bonchev–Trinajstić information content (AvgIpc) is 3.35. The Labute approximate surface area is 190 Å². The van der Waals surface area contributed by atoms with Crippen LogP contribution in [0.3, 0.4) is 0 Å². The Bertz CT molecular complexity index is 1170. The van der Waals surface area contributed by atoms with Crippen LogP contribution in [-0.4, -0.2) is 61.7 Å². The first-order chi connectivity index (χ1) is 16.1. The van der Waals surface area contributed by atoms with E-state index in [-0.39, 0.29) is 25.0 Å². The molecule has 3 N–H and O–H groups in total. The molecular weight excluding hydrogens is 424 g/mol. The Hall–Kier alpha value is -3.72. The van der Waals surface area contributed by atoms with Gasteiger partial charge in [0.1, 0.15) is 12.0 Å². The van der Waals surface area contributed by atoms with Crippen molar-refractivity contribution >= 4 is 29.0 Å². The predicted octanol–water partition coefficient (Wildman–Crippen LogP) is 2.08. The number of hydrogen-bond donors (Lipinski definition) is 3. The normalized spacial score (nSPS) is 15.1. The van der Waals surface area contributed by atoms with Crippen LogP contribution < -0.4 is 15.4 Å². The van der Waals surface area contributed by atoms with Gasteiger partial charge in [-0.15, -0.1) is 0 Å². The summed E-state index contributed by atoms with van der Waals surface area (Å²) in [6.07, 6.45) is 3.56. The fourth-order valence-electron chi connectivity index (χ4n) is 4.13. The van der Waals surface area contributed by atoms with Gasteiger partial charge >= 0.3 is 0 Å². The largest absolute Gasteiger partial charge is 0.483 e. The van der Waals surface area contributed by atoms with E-state index in [1.165, 1.54) is 0 Å². The third kappa shape index (κ3) is 4.73. The summed E-state index contributed by atoms with van der Waals surface area (Å²) >= 11 is 0. The van der Waals surface area contributed by atoms with Crippen LogP contribution in [0.5, 0.6) is 5.75 Å². The molecule has 0 aliphatic carbocycles. The second-order valence-corrected chi connectivity index (χ2v) is 8.05. The summed E-state index contributed by atoms with van der Waals surface area (Å²) in [5.74, 6) is 0.0280. The SMILES string of the molecule is CNC(=O)C1(CNC(=O)COc2ccc(C=O)cc2-c2cccc3[nH]ncc23)CCOCC1. The maximum Gasteiger partial charge on any atom is 0.257 e. The first-order valence-electron chi connectivity index (χ1n) is 10.8.